The van der Waals surface area contributed by atoms with Gasteiger partial charge in [-0.3, -0.25) is 4.79 Å². The zero-order chi connectivity index (χ0) is 30.0. The van der Waals surface area contributed by atoms with E-state index >= 15 is 0 Å². The van der Waals surface area contributed by atoms with Gasteiger partial charge in [0.15, 0.2) is 0 Å². The van der Waals surface area contributed by atoms with E-state index in [1.165, 1.54) is 23.5 Å². The third kappa shape index (κ3) is 6.24. The molecule has 2 aromatic heterocycles. The highest BCUT2D eigenvalue weighted by molar-refractivity contribution is 7.90. The summed E-state index contributed by atoms with van der Waals surface area (Å²) in [5.74, 6) is 0.694. The fourth-order valence-corrected chi connectivity index (χ4v) is 7.05. The summed E-state index contributed by atoms with van der Waals surface area (Å²) >= 11 is 14.1. The smallest absolute Gasteiger partial charge is 0.275 e. The molecule has 0 aliphatic carbocycles. The lowest BCUT2D eigenvalue weighted by molar-refractivity contribution is 0.0985. The van der Waals surface area contributed by atoms with Crippen molar-refractivity contribution in [1.82, 2.24) is 9.88 Å². The van der Waals surface area contributed by atoms with Gasteiger partial charge >= 0.3 is 0 Å². The SMILES string of the molecule is Cc1cc(OCc2c(-c3c(Cl)cccc3Cl)noc2C(C)C)ccc1-c1ccc(C(=O)NS(=O)(=O)c2ccccc2)s1. The monoisotopic (exact) mass is 640 g/mol. The van der Waals surface area contributed by atoms with Gasteiger partial charge in [0.1, 0.15) is 23.8 Å². The summed E-state index contributed by atoms with van der Waals surface area (Å²) in [6.45, 7) is 6.14. The maximum Gasteiger partial charge on any atom is 0.275 e. The molecule has 0 saturated carbocycles. The quantitative estimate of drug-likeness (QED) is 0.173. The molecule has 5 aromatic rings. The molecule has 0 saturated heterocycles. The van der Waals surface area contributed by atoms with Crippen molar-refractivity contribution < 1.29 is 22.5 Å². The summed E-state index contributed by atoms with van der Waals surface area (Å²) in [6.07, 6.45) is 0. The highest BCUT2D eigenvalue weighted by atomic mass is 35.5. The summed E-state index contributed by atoms with van der Waals surface area (Å²) in [5, 5.41) is 5.21. The molecule has 1 amide bonds. The molecule has 0 spiro atoms. The van der Waals surface area contributed by atoms with E-state index in [2.05, 4.69) is 9.88 Å². The van der Waals surface area contributed by atoms with Crippen LogP contribution in [0.1, 0.15) is 46.3 Å². The second-order valence-electron chi connectivity index (χ2n) is 9.80. The molecule has 0 aliphatic rings. The topological polar surface area (TPSA) is 98.5 Å². The minimum atomic E-state index is -3.97. The Labute approximate surface area is 258 Å². The number of thiophene rings is 1. The van der Waals surface area contributed by atoms with Crippen molar-refractivity contribution >= 4 is 50.5 Å². The van der Waals surface area contributed by atoms with E-state index in [1.807, 2.05) is 39.0 Å². The lowest BCUT2D eigenvalue weighted by Crippen LogP contribution is -2.29. The van der Waals surface area contributed by atoms with Gasteiger partial charge in [-0.1, -0.05) is 66.5 Å². The average molecular weight is 642 g/mol. The van der Waals surface area contributed by atoms with Crippen molar-refractivity contribution in [3.63, 3.8) is 0 Å². The van der Waals surface area contributed by atoms with Crippen LogP contribution in [0.3, 0.4) is 0 Å². The van der Waals surface area contributed by atoms with E-state index in [0.717, 1.165) is 21.6 Å². The number of rotatable bonds is 9. The number of nitrogens with one attached hydrogen (secondary N) is 1. The van der Waals surface area contributed by atoms with Crippen molar-refractivity contribution in [3.05, 3.63) is 111 Å². The van der Waals surface area contributed by atoms with Crippen LogP contribution in [0.2, 0.25) is 10.0 Å². The molecular weight excluding hydrogens is 615 g/mol. The van der Waals surface area contributed by atoms with Gasteiger partial charge in [-0.15, -0.1) is 11.3 Å². The first-order chi connectivity index (χ1) is 20.0. The molecule has 0 radical (unpaired) electrons. The molecule has 42 heavy (non-hydrogen) atoms. The van der Waals surface area contributed by atoms with Crippen LogP contribution in [0.4, 0.5) is 0 Å². The molecular formula is C31H26Cl2N2O5S2. The second-order valence-corrected chi connectivity index (χ2v) is 13.4. The molecule has 0 unspecified atom stereocenters. The molecule has 5 rings (SSSR count). The standard InChI is InChI=1S/C31H26Cl2N2O5S2/c1-18(2)30-23(29(34-40-30)28-24(32)10-7-11-25(28)33)17-39-20-12-13-22(19(3)16-20)26-14-15-27(41-26)31(36)35-42(37,38)21-8-5-4-6-9-21/h4-16,18H,17H2,1-3H3,(H,35,36). The Morgan fingerprint density at radius 3 is 2.38 bits per heavy atom. The molecule has 216 valence electrons. The number of aryl methyl sites for hydroxylation is 1. The van der Waals surface area contributed by atoms with Gasteiger partial charge in [-0.05, 0) is 72.6 Å². The Kier molecular flexibility index (Phi) is 8.75. The normalized spacial score (nSPS) is 11.6. The highest BCUT2D eigenvalue weighted by Gasteiger charge is 2.24. The third-order valence-electron chi connectivity index (χ3n) is 6.50. The number of ether oxygens (including phenoxy) is 1. The summed E-state index contributed by atoms with van der Waals surface area (Å²) in [4.78, 5) is 13.9. The number of sulfonamides is 1. The molecule has 2 heterocycles. The number of halogens is 2. The van der Waals surface area contributed by atoms with Crippen LogP contribution in [0.15, 0.2) is 88.3 Å². The number of benzene rings is 3. The maximum absolute atomic E-state index is 12.7. The first-order valence-corrected chi connectivity index (χ1v) is 16.0. The van der Waals surface area contributed by atoms with Gasteiger partial charge in [0.05, 0.1) is 25.4 Å². The fourth-order valence-electron chi connectivity index (χ4n) is 4.43. The predicted octanol–water partition coefficient (Wildman–Crippen LogP) is 8.51. The third-order valence-corrected chi connectivity index (χ3v) is 9.59. The number of aromatic nitrogens is 1. The molecule has 0 aliphatic heterocycles. The Bertz CT molecular complexity index is 1850. The average Bonchev–Trinajstić information content (AvgIpc) is 3.60. The molecule has 11 heteroatoms. The molecule has 0 bridgehead atoms. The highest BCUT2D eigenvalue weighted by Crippen LogP contribution is 2.39. The Morgan fingerprint density at radius 1 is 1.00 bits per heavy atom. The van der Waals surface area contributed by atoms with Gasteiger partial charge < -0.3 is 9.26 Å². The first kappa shape index (κ1) is 29.8. The van der Waals surface area contributed by atoms with E-state index in [-0.39, 0.29) is 22.3 Å². The summed E-state index contributed by atoms with van der Waals surface area (Å²) < 4.78 is 39.1. The number of nitrogens with zero attached hydrogens (tertiary/aromatic N) is 1. The molecule has 3 aromatic carbocycles. The predicted molar refractivity (Wildman–Crippen MR) is 166 cm³/mol. The van der Waals surface area contributed by atoms with E-state index in [4.69, 9.17) is 32.5 Å². The van der Waals surface area contributed by atoms with Crippen molar-refractivity contribution in [1.29, 1.82) is 0 Å². The lowest BCUT2D eigenvalue weighted by atomic mass is 10.0. The molecule has 7 nitrogen and oxygen atoms in total. The first-order valence-electron chi connectivity index (χ1n) is 12.9. The van der Waals surface area contributed by atoms with Crippen LogP contribution >= 0.6 is 34.5 Å². The number of hydrogen-bond acceptors (Lipinski definition) is 7. The van der Waals surface area contributed by atoms with Crippen molar-refractivity contribution in [2.24, 2.45) is 0 Å². The van der Waals surface area contributed by atoms with Crippen LogP contribution in [0, 0.1) is 6.92 Å². The van der Waals surface area contributed by atoms with Crippen molar-refractivity contribution in [3.8, 4) is 27.4 Å². The van der Waals surface area contributed by atoms with Gasteiger partial charge in [0.25, 0.3) is 15.9 Å². The van der Waals surface area contributed by atoms with Crippen LogP contribution in [-0.2, 0) is 16.6 Å². The maximum atomic E-state index is 12.7. The zero-order valence-electron chi connectivity index (χ0n) is 22.9. The van der Waals surface area contributed by atoms with Crippen LogP contribution in [0.5, 0.6) is 5.75 Å². The summed E-state index contributed by atoms with van der Waals surface area (Å²) in [7, 11) is -3.97. The van der Waals surface area contributed by atoms with Gasteiger partial charge in [0, 0.05) is 16.4 Å². The molecule has 0 fully saturated rings. The fraction of sp³-hybridized carbons (Fsp3) is 0.161. The number of amides is 1. The summed E-state index contributed by atoms with van der Waals surface area (Å²) in [5.41, 5.74) is 3.72. The van der Waals surface area contributed by atoms with Crippen LogP contribution in [-0.4, -0.2) is 19.5 Å². The Balaban J connectivity index is 1.33. The van der Waals surface area contributed by atoms with Crippen molar-refractivity contribution in [2.45, 2.75) is 38.2 Å². The van der Waals surface area contributed by atoms with E-state index in [9.17, 15) is 13.2 Å². The second kappa shape index (κ2) is 12.3. The Morgan fingerprint density at radius 2 is 1.71 bits per heavy atom. The molecule has 1 N–H and O–H groups in total. The molecule has 0 atom stereocenters. The van der Waals surface area contributed by atoms with Gasteiger partial charge in [0.2, 0.25) is 0 Å². The Hall–Kier alpha value is -3.63. The minimum absolute atomic E-state index is 0.0235. The van der Waals surface area contributed by atoms with E-state index in [0.29, 0.717) is 32.8 Å². The number of carbonyl (C=O) groups is 1. The number of hydrogen-bond donors (Lipinski definition) is 1. The van der Waals surface area contributed by atoms with E-state index < -0.39 is 15.9 Å². The minimum Gasteiger partial charge on any atom is -0.489 e. The van der Waals surface area contributed by atoms with Crippen LogP contribution < -0.4 is 9.46 Å². The lowest BCUT2D eigenvalue weighted by Gasteiger charge is -2.12. The van der Waals surface area contributed by atoms with Crippen molar-refractivity contribution in [2.75, 3.05) is 0 Å². The summed E-state index contributed by atoms with van der Waals surface area (Å²) in [6, 6.07) is 22.1. The van der Waals surface area contributed by atoms with Gasteiger partial charge in [-0.2, -0.15) is 0 Å². The van der Waals surface area contributed by atoms with E-state index in [1.54, 1.807) is 48.5 Å². The van der Waals surface area contributed by atoms with Gasteiger partial charge in [-0.25, -0.2) is 13.1 Å². The zero-order valence-corrected chi connectivity index (χ0v) is 26.0. The number of carbonyl (C=O) groups excluding carboxylic acids is 1. The van der Waals surface area contributed by atoms with Crippen LogP contribution in [0.25, 0.3) is 21.7 Å². The largest absolute Gasteiger partial charge is 0.489 e.